The highest BCUT2D eigenvalue weighted by Gasteiger charge is 2.70. The van der Waals surface area contributed by atoms with Gasteiger partial charge < -0.3 is 24.8 Å². The van der Waals surface area contributed by atoms with Crippen LogP contribution in [0.5, 0.6) is 0 Å². The molecule has 2 aromatic rings. The lowest BCUT2D eigenvalue weighted by molar-refractivity contribution is -0.170. The maximum absolute atomic E-state index is 12.0. The van der Waals surface area contributed by atoms with E-state index in [9.17, 15) is 15.0 Å². The van der Waals surface area contributed by atoms with E-state index in [0.717, 1.165) is 41.2 Å². The van der Waals surface area contributed by atoms with Gasteiger partial charge in [-0.1, -0.05) is 51.1 Å². The average Bonchev–Trinajstić information content (AvgIpc) is 3.39. The van der Waals surface area contributed by atoms with Crippen molar-refractivity contribution >= 4 is 16.3 Å². The first-order valence-electron chi connectivity index (χ1n) is 13.9. The van der Waals surface area contributed by atoms with Gasteiger partial charge in [0.1, 0.15) is 6.10 Å². The third kappa shape index (κ3) is 2.90. The van der Waals surface area contributed by atoms with Gasteiger partial charge in [0.15, 0.2) is 0 Å². The molecule has 2 fully saturated rings. The second-order valence-electron chi connectivity index (χ2n) is 13.3. The number of aromatic nitrogens is 1. The molecular formula is C32H38N2O4. The van der Waals surface area contributed by atoms with Gasteiger partial charge in [-0.3, -0.25) is 4.79 Å². The highest BCUT2D eigenvalue weighted by molar-refractivity contribution is 5.87. The summed E-state index contributed by atoms with van der Waals surface area (Å²) < 4.78 is 7.31. The average molecular weight is 515 g/mol. The smallest absolute Gasteiger partial charge is 0.248 e. The summed E-state index contributed by atoms with van der Waals surface area (Å²) in [6, 6.07) is 7.96. The predicted molar refractivity (Wildman–Crippen MR) is 149 cm³/mol. The third-order valence-electron chi connectivity index (χ3n) is 11.1. The lowest BCUT2D eigenvalue weighted by Gasteiger charge is -2.60. The fourth-order valence-electron chi connectivity index (χ4n) is 8.84. The Morgan fingerprint density at radius 3 is 2.63 bits per heavy atom. The Morgan fingerprint density at radius 2 is 1.87 bits per heavy atom. The zero-order valence-electron chi connectivity index (χ0n) is 22.9. The van der Waals surface area contributed by atoms with Gasteiger partial charge in [0.05, 0.1) is 17.3 Å². The Morgan fingerprint density at radius 1 is 1.08 bits per heavy atom. The minimum Gasteiger partial charge on any atom is -0.388 e. The van der Waals surface area contributed by atoms with Crippen molar-refractivity contribution in [2.75, 3.05) is 14.1 Å². The number of H-pyrrole nitrogens is 1. The summed E-state index contributed by atoms with van der Waals surface area (Å²) >= 11 is 0. The number of aromatic amines is 1. The summed E-state index contributed by atoms with van der Waals surface area (Å²) in [6.45, 7) is 7.03. The molecule has 6 heteroatoms. The van der Waals surface area contributed by atoms with Crippen molar-refractivity contribution in [3.05, 3.63) is 75.8 Å². The fraction of sp³-hybridized carbons (Fsp3) is 0.531. The quantitative estimate of drug-likeness (QED) is 0.560. The molecule has 2 aliphatic heterocycles. The van der Waals surface area contributed by atoms with Crippen molar-refractivity contribution < 1.29 is 14.9 Å². The number of aliphatic hydroxyl groups excluding tert-OH is 2. The van der Waals surface area contributed by atoms with Gasteiger partial charge in [-0.25, -0.2) is 0 Å². The van der Waals surface area contributed by atoms with Gasteiger partial charge in [-0.2, -0.15) is 0 Å². The monoisotopic (exact) mass is 514 g/mol. The number of hydrogen-bond acceptors (Lipinski definition) is 5. The Bertz CT molecular complexity index is 1510. The molecule has 38 heavy (non-hydrogen) atoms. The number of likely N-dealkylation sites (N-methyl/N-ethyl adjacent to an activating group) is 1. The number of benzene rings is 1. The molecule has 1 aromatic carbocycles. The van der Waals surface area contributed by atoms with E-state index in [1.54, 1.807) is 12.3 Å². The molecule has 5 aliphatic rings. The van der Waals surface area contributed by atoms with Crippen LogP contribution in [-0.4, -0.2) is 63.6 Å². The van der Waals surface area contributed by atoms with Crippen molar-refractivity contribution in [1.82, 2.24) is 9.88 Å². The predicted octanol–water partition coefficient (Wildman–Crippen LogP) is 4.19. The molecular weight excluding hydrogens is 476 g/mol. The summed E-state index contributed by atoms with van der Waals surface area (Å²) in [5, 5.41) is 24.2. The van der Waals surface area contributed by atoms with Crippen LogP contribution in [0.2, 0.25) is 0 Å². The number of nitrogens with zero attached hydrogens (tertiary/aromatic N) is 1. The van der Waals surface area contributed by atoms with Crippen LogP contribution in [0, 0.1) is 16.7 Å². The Balaban J connectivity index is 1.36. The van der Waals surface area contributed by atoms with Crippen molar-refractivity contribution in [1.29, 1.82) is 0 Å². The number of rotatable bonds is 2. The van der Waals surface area contributed by atoms with Gasteiger partial charge in [0.25, 0.3) is 0 Å². The van der Waals surface area contributed by atoms with Gasteiger partial charge in [0, 0.05) is 29.6 Å². The molecule has 3 N–H and O–H groups in total. The van der Waals surface area contributed by atoms with Crippen LogP contribution in [-0.2, 0) is 4.74 Å². The van der Waals surface area contributed by atoms with E-state index in [0.29, 0.717) is 6.42 Å². The molecule has 7 unspecified atom stereocenters. The number of ether oxygens (including phenoxy) is 1. The Labute approximate surface area is 223 Å². The molecule has 0 radical (unpaired) electrons. The second-order valence-corrected chi connectivity index (χ2v) is 13.3. The standard InChI is InChI=1S/C32H38N2O4/c1-29(2)15-21-14-23-27(36)28(37)24(34(4)5)16-31(23)10-11-32(21,38-31)25-9-8-22(30(25,29)3)18-6-7-19-17-33-26(35)13-20(19)12-18/h6-8,12-15,17,24-25,27-28,36-37H,9-11,16H2,1-5H3,(H,33,35). The van der Waals surface area contributed by atoms with Gasteiger partial charge in [-0.15, -0.1) is 0 Å². The first kappa shape index (κ1) is 24.5. The second kappa shape index (κ2) is 7.57. The highest BCUT2D eigenvalue weighted by Crippen LogP contribution is 2.71. The summed E-state index contributed by atoms with van der Waals surface area (Å²) in [4.78, 5) is 16.8. The summed E-state index contributed by atoms with van der Waals surface area (Å²) in [7, 11) is 3.94. The van der Waals surface area contributed by atoms with Crippen LogP contribution in [0.4, 0.5) is 0 Å². The molecule has 7 atom stereocenters. The molecule has 1 saturated carbocycles. The summed E-state index contributed by atoms with van der Waals surface area (Å²) in [5.74, 6) is 0.244. The van der Waals surface area contributed by atoms with E-state index < -0.39 is 23.4 Å². The molecule has 200 valence electrons. The Kier molecular flexibility index (Phi) is 4.88. The van der Waals surface area contributed by atoms with Crippen molar-refractivity contribution in [3.8, 4) is 0 Å². The van der Waals surface area contributed by atoms with Crippen LogP contribution in [0.3, 0.4) is 0 Å². The molecule has 7 rings (SSSR count). The van der Waals surface area contributed by atoms with Crippen molar-refractivity contribution in [2.24, 2.45) is 16.7 Å². The zero-order chi connectivity index (χ0) is 26.8. The van der Waals surface area contributed by atoms with E-state index in [-0.39, 0.29) is 28.3 Å². The van der Waals surface area contributed by atoms with Crippen molar-refractivity contribution in [3.63, 3.8) is 0 Å². The number of pyridine rings is 1. The zero-order valence-corrected chi connectivity index (χ0v) is 22.9. The van der Waals surface area contributed by atoms with Crippen LogP contribution < -0.4 is 5.56 Å². The van der Waals surface area contributed by atoms with E-state index in [4.69, 9.17) is 4.74 Å². The number of nitrogens with one attached hydrogen (secondary N) is 1. The first-order chi connectivity index (χ1) is 17.9. The Hall–Kier alpha value is -2.51. The number of allylic oxidation sites excluding steroid dienone is 3. The van der Waals surface area contributed by atoms with E-state index in [1.165, 1.54) is 11.1 Å². The fourth-order valence-corrected chi connectivity index (χ4v) is 8.84. The number of hydrogen-bond donors (Lipinski definition) is 3. The third-order valence-corrected chi connectivity index (χ3v) is 11.1. The lowest BCUT2D eigenvalue weighted by atomic mass is 9.49. The molecule has 3 aliphatic carbocycles. The topological polar surface area (TPSA) is 85.8 Å². The SMILES string of the molecule is CN(C)C1CC23CCC4(O2)C(=CC(C)(C)C2(C)C(c5ccc6c[nH]c(=O)cc6c5)=CCC42)C=C3C(O)C1O. The maximum Gasteiger partial charge on any atom is 0.248 e. The molecule has 2 spiro atoms. The van der Waals surface area contributed by atoms with Gasteiger partial charge in [-0.05, 0) is 84.3 Å². The molecule has 6 nitrogen and oxygen atoms in total. The number of aliphatic hydroxyl groups is 2. The maximum atomic E-state index is 12.0. The van der Waals surface area contributed by atoms with E-state index >= 15 is 0 Å². The van der Waals surface area contributed by atoms with Gasteiger partial charge >= 0.3 is 0 Å². The number of fused-ring (bicyclic) bond motifs is 2. The van der Waals surface area contributed by atoms with Crippen LogP contribution in [0.1, 0.15) is 52.0 Å². The van der Waals surface area contributed by atoms with Crippen molar-refractivity contribution in [2.45, 2.75) is 75.9 Å². The van der Waals surface area contributed by atoms with Gasteiger partial charge in [0.2, 0.25) is 5.56 Å². The first-order valence-corrected chi connectivity index (χ1v) is 13.9. The highest BCUT2D eigenvalue weighted by atomic mass is 16.5. The molecule has 1 saturated heterocycles. The summed E-state index contributed by atoms with van der Waals surface area (Å²) in [6.07, 6.45) is 10.4. The molecule has 0 amide bonds. The lowest BCUT2D eigenvalue weighted by Crippen LogP contribution is -2.63. The minimum absolute atomic E-state index is 0.0890. The largest absolute Gasteiger partial charge is 0.388 e. The van der Waals surface area contributed by atoms with E-state index in [2.05, 4.69) is 62.2 Å². The van der Waals surface area contributed by atoms with Crippen LogP contribution in [0.15, 0.2) is 64.6 Å². The summed E-state index contributed by atoms with van der Waals surface area (Å²) in [5.41, 5.74) is 3.09. The van der Waals surface area contributed by atoms with Crippen LogP contribution >= 0.6 is 0 Å². The van der Waals surface area contributed by atoms with E-state index in [1.807, 2.05) is 19.0 Å². The molecule has 2 bridgehead atoms. The van der Waals surface area contributed by atoms with Crippen LogP contribution in [0.25, 0.3) is 16.3 Å². The minimum atomic E-state index is -0.928. The molecule has 1 aromatic heterocycles. The molecule has 3 heterocycles. The normalized spacial score (nSPS) is 40.8.